The van der Waals surface area contributed by atoms with Crippen molar-refractivity contribution in [2.24, 2.45) is 0 Å². The van der Waals surface area contributed by atoms with Crippen LogP contribution in [0.5, 0.6) is 0 Å². The lowest BCUT2D eigenvalue weighted by Gasteiger charge is -2.01. The molecule has 0 saturated carbocycles. The van der Waals surface area contributed by atoms with Gasteiger partial charge < -0.3 is 15.0 Å². The van der Waals surface area contributed by atoms with Crippen molar-refractivity contribution in [3.63, 3.8) is 0 Å². The second-order valence-electron chi connectivity index (χ2n) is 2.49. The van der Waals surface area contributed by atoms with Crippen molar-refractivity contribution >= 4 is 34.5 Å². The van der Waals surface area contributed by atoms with Crippen LogP contribution in [0, 0.1) is 3.57 Å². The van der Waals surface area contributed by atoms with Crippen molar-refractivity contribution < 1.29 is 14.3 Å². The fourth-order valence-electron chi connectivity index (χ4n) is 0.819. The largest absolute Gasteiger partial charge is 0.468 e. The molecule has 0 aliphatic heterocycles. The number of nitrogens with one attached hydrogen (secondary N) is 2. The smallest absolute Gasteiger partial charge is 0.325 e. The number of halogens is 1. The Morgan fingerprint density at radius 1 is 1.64 bits per heavy atom. The summed E-state index contributed by atoms with van der Waals surface area (Å²) in [7, 11) is 1.27. The highest BCUT2D eigenvalue weighted by molar-refractivity contribution is 14.1. The predicted octanol–water partition coefficient (Wildman–Crippen LogP) is 0.522. The van der Waals surface area contributed by atoms with Gasteiger partial charge in [-0.05, 0) is 28.7 Å². The molecule has 0 unspecified atom stereocenters. The van der Waals surface area contributed by atoms with E-state index in [1.54, 1.807) is 12.3 Å². The van der Waals surface area contributed by atoms with E-state index in [1.165, 1.54) is 7.11 Å². The highest BCUT2D eigenvalue weighted by Crippen LogP contribution is 2.05. The van der Waals surface area contributed by atoms with Crippen LogP contribution in [-0.4, -0.2) is 30.5 Å². The summed E-state index contributed by atoms with van der Waals surface area (Å²) in [4.78, 5) is 24.8. The summed E-state index contributed by atoms with van der Waals surface area (Å²) in [6.45, 7) is -0.120. The van der Waals surface area contributed by atoms with Crippen LogP contribution in [0.4, 0.5) is 0 Å². The number of methoxy groups -OCH3 is 1. The fraction of sp³-hybridized carbons (Fsp3) is 0.250. The summed E-state index contributed by atoms with van der Waals surface area (Å²) < 4.78 is 5.31. The molecule has 14 heavy (non-hydrogen) atoms. The molecule has 5 nitrogen and oxygen atoms in total. The third-order valence-corrected chi connectivity index (χ3v) is 2.14. The van der Waals surface area contributed by atoms with E-state index in [0.29, 0.717) is 5.69 Å². The molecule has 0 aliphatic carbocycles. The maximum atomic E-state index is 11.3. The Balaban J connectivity index is 2.47. The van der Waals surface area contributed by atoms with Crippen LogP contribution in [0.2, 0.25) is 0 Å². The third-order valence-electron chi connectivity index (χ3n) is 1.51. The standard InChI is InChI=1S/C8H9IN2O3/c1-14-7(12)4-11-8(13)6-2-5(9)3-10-6/h2-3,10H,4H2,1H3,(H,11,13). The molecule has 0 aromatic carbocycles. The van der Waals surface area contributed by atoms with Gasteiger partial charge in [0.2, 0.25) is 0 Å². The Bertz CT molecular complexity index is 348. The van der Waals surface area contributed by atoms with E-state index in [0.717, 1.165) is 3.57 Å². The Morgan fingerprint density at radius 2 is 2.36 bits per heavy atom. The SMILES string of the molecule is COC(=O)CNC(=O)c1cc(I)c[nH]1. The maximum Gasteiger partial charge on any atom is 0.325 e. The molecule has 2 N–H and O–H groups in total. The second-order valence-corrected chi connectivity index (χ2v) is 3.74. The third kappa shape index (κ3) is 3.02. The first kappa shape index (κ1) is 11.0. The number of hydrogen-bond acceptors (Lipinski definition) is 3. The number of rotatable bonds is 3. The molecule has 0 bridgehead atoms. The molecule has 1 aromatic heterocycles. The van der Waals surface area contributed by atoms with Crippen LogP contribution in [0.1, 0.15) is 10.5 Å². The summed E-state index contributed by atoms with van der Waals surface area (Å²) in [6.07, 6.45) is 1.70. The van der Waals surface area contributed by atoms with Crippen molar-refractivity contribution in [2.45, 2.75) is 0 Å². The molecule has 0 spiro atoms. The average molecular weight is 308 g/mol. The monoisotopic (exact) mass is 308 g/mol. The van der Waals surface area contributed by atoms with Crippen LogP contribution in [0.3, 0.4) is 0 Å². The molecule has 0 radical (unpaired) electrons. The number of carbonyl (C=O) groups is 2. The van der Waals surface area contributed by atoms with Crippen molar-refractivity contribution in [3.8, 4) is 0 Å². The van der Waals surface area contributed by atoms with Gasteiger partial charge in [0.1, 0.15) is 12.2 Å². The molecule has 0 atom stereocenters. The summed E-state index contributed by atoms with van der Waals surface area (Å²) in [5.74, 6) is -0.794. The maximum absolute atomic E-state index is 11.3. The average Bonchev–Trinajstić information content (AvgIpc) is 2.60. The van der Waals surface area contributed by atoms with Crippen LogP contribution < -0.4 is 5.32 Å². The second kappa shape index (κ2) is 4.99. The Morgan fingerprint density at radius 3 is 2.86 bits per heavy atom. The first-order valence-corrected chi connectivity index (χ1v) is 4.90. The zero-order valence-corrected chi connectivity index (χ0v) is 9.62. The van der Waals surface area contributed by atoms with Crippen molar-refractivity contribution in [3.05, 3.63) is 21.5 Å². The minimum atomic E-state index is -0.473. The molecule has 0 fully saturated rings. The lowest BCUT2D eigenvalue weighted by atomic mass is 10.4. The molecule has 6 heteroatoms. The van der Waals surface area contributed by atoms with E-state index >= 15 is 0 Å². The number of esters is 1. The number of aromatic nitrogens is 1. The normalized spacial score (nSPS) is 9.57. The Hall–Kier alpha value is -1.05. The van der Waals surface area contributed by atoms with E-state index in [1.807, 2.05) is 0 Å². The molecule has 1 heterocycles. The van der Waals surface area contributed by atoms with Gasteiger partial charge >= 0.3 is 5.97 Å². The van der Waals surface area contributed by atoms with Crippen LogP contribution in [-0.2, 0) is 9.53 Å². The van der Waals surface area contributed by atoms with Crippen LogP contribution in [0.15, 0.2) is 12.3 Å². The van der Waals surface area contributed by atoms with Gasteiger partial charge in [-0.3, -0.25) is 9.59 Å². The summed E-state index contributed by atoms with van der Waals surface area (Å²) in [6, 6.07) is 1.69. The van der Waals surface area contributed by atoms with E-state index < -0.39 is 5.97 Å². The van der Waals surface area contributed by atoms with Gasteiger partial charge in [-0.25, -0.2) is 0 Å². The molecule has 0 saturated heterocycles. The van der Waals surface area contributed by atoms with E-state index in [9.17, 15) is 9.59 Å². The lowest BCUT2D eigenvalue weighted by Crippen LogP contribution is -2.30. The van der Waals surface area contributed by atoms with E-state index in [2.05, 4.69) is 37.6 Å². The number of amides is 1. The van der Waals surface area contributed by atoms with E-state index in [-0.39, 0.29) is 12.5 Å². The number of ether oxygens (including phenoxy) is 1. The Labute approximate surface area is 94.3 Å². The quantitative estimate of drug-likeness (QED) is 0.632. The minimum Gasteiger partial charge on any atom is -0.468 e. The number of hydrogen-bond donors (Lipinski definition) is 2. The van der Waals surface area contributed by atoms with Gasteiger partial charge in [-0.2, -0.15) is 0 Å². The van der Waals surface area contributed by atoms with Crippen LogP contribution in [0.25, 0.3) is 0 Å². The summed E-state index contributed by atoms with van der Waals surface area (Å²) >= 11 is 2.08. The van der Waals surface area contributed by atoms with Crippen molar-refractivity contribution in [1.29, 1.82) is 0 Å². The Kier molecular flexibility index (Phi) is 3.93. The number of aromatic amines is 1. The molecular weight excluding hydrogens is 299 g/mol. The zero-order chi connectivity index (χ0) is 10.6. The van der Waals surface area contributed by atoms with Crippen molar-refractivity contribution in [2.75, 3.05) is 13.7 Å². The number of carbonyl (C=O) groups excluding carboxylic acids is 2. The lowest BCUT2D eigenvalue weighted by molar-refractivity contribution is -0.139. The summed E-state index contributed by atoms with van der Waals surface area (Å²) in [5, 5.41) is 2.41. The molecule has 1 aromatic rings. The highest BCUT2D eigenvalue weighted by atomic mass is 127. The molecule has 1 amide bonds. The first-order chi connectivity index (χ1) is 6.63. The molecule has 1 rings (SSSR count). The van der Waals surface area contributed by atoms with Gasteiger partial charge in [0.05, 0.1) is 7.11 Å². The first-order valence-electron chi connectivity index (χ1n) is 3.82. The van der Waals surface area contributed by atoms with E-state index in [4.69, 9.17) is 0 Å². The zero-order valence-electron chi connectivity index (χ0n) is 7.46. The summed E-state index contributed by atoms with van der Waals surface area (Å²) in [5.41, 5.74) is 0.429. The molecular formula is C8H9IN2O3. The van der Waals surface area contributed by atoms with Gasteiger partial charge in [0.25, 0.3) is 5.91 Å². The predicted molar refractivity (Wildman–Crippen MR) is 57.9 cm³/mol. The molecule has 0 aliphatic rings. The van der Waals surface area contributed by atoms with Gasteiger partial charge in [0, 0.05) is 9.77 Å². The van der Waals surface area contributed by atoms with Gasteiger partial charge in [0.15, 0.2) is 0 Å². The van der Waals surface area contributed by atoms with Gasteiger partial charge in [-0.15, -0.1) is 0 Å². The fourth-order valence-corrected chi connectivity index (χ4v) is 1.29. The van der Waals surface area contributed by atoms with Gasteiger partial charge in [-0.1, -0.05) is 0 Å². The topological polar surface area (TPSA) is 71.2 Å². The minimum absolute atomic E-state index is 0.120. The highest BCUT2D eigenvalue weighted by Gasteiger charge is 2.09. The number of H-pyrrole nitrogens is 1. The van der Waals surface area contributed by atoms with Crippen molar-refractivity contribution in [1.82, 2.24) is 10.3 Å². The molecule has 76 valence electrons. The van der Waals surface area contributed by atoms with Crippen LogP contribution >= 0.6 is 22.6 Å².